The summed E-state index contributed by atoms with van der Waals surface area (Å²) in [6.07, 6.45) is 0.688. The monoisotopic (exact) mass is 333 g/mol. The van der Waals surface area contributed by atoms with E-state index < -0.39 is 0 Å². The van der Waals surface area contributed by atoms with Crippen molar-refractivity contribution >= 4 is 23.6 Å². The summed E-state index contributed by atoms with van der Waals surface area (Å²) in [6, 6.07) is 10.0. The number of rotatable bonds is 7. The molecular formula is C15H19N5O2S. The van der Waals surface area contributed by atoms with E-state index in [0.29, 0.717) is 11.6 Å². The van der Waals surface area contributed by atoms with Crippen LogP contribution in [0.25, 0.3) is 0 Å². The SMILES string of the molecule is CNC(=O)CNC(=O)CSc1nnc(Cc2ccccc2)n1C. The lowest BCUT2D eigenvalue weighted by Crippen LogP contribution is -2.36. The summed E-state index contributed by atoms with van der Waals surface area (Å²) < 4.78 is 1.88. The van der Waals surface area contributed by atoms with Gasteiger partial charge in [-0.05, 0) is 5.56 Å². The second kappa shape index (κ2) is 8.33. The van der Waals surface area contributed by atoms with Crippen molar-refractivity contribution in [3.05, 3.63) is 41.7 Å². The van der Waals surface area contributed by atoms with Crippen molar-refractivity contribution < 1.29 is 9.59 Å². The number of hydrogen-bond acceptors (Lipinski definition) is 5. The van der Waals surface area contributed by atoms with Gasteiger partial charge in [0.1, 0.15) is 5.82 Å². The quantitative estimate of drug-likeness (QED) is 0.714. The average Bonchev–Trinajstić information content (AvgIpc) is 2.92. The van der Waals surface area contributed by atoms with E-state index in [-0.39, 0.29) is 24.1 Å². The van der Waals surface area contributed by atoms with Crippen molar-refractivity contribution in [1.82, 2.24) is 25.4 Å². The van der Waals surface area contributed by atoms with E-state index in [4.69, 9.17) is 0 Å². The minimum absolute atomic E-state index is 0.0199. The van der Waals surface area contributed by atoms with Crippen LogP contribution >= 0.6 is 11.8 Å². The molecule has 7 nitrogen and oxygen atoms in total. The number of nitrogens with zero attached hydrogens (tertiary/aromatic N) is 3. The maximum absolute atomic E-state index is 11.7. The number of thioether (sulfide) groups is 1. The van der Waals surface area contributed by atoms with Crippen molar-refractivity contribution in [2.24, 2.45) is 7.05 Å². The normalized spacial score (nSPS) is 10.3. The number of benzene rings is 1. The number of hydrogen-bond donors (Lipinski definition) is 2. The van der Waals surface area contributed by atoms with Crippen LogP contribution in [0.2, 0.25) is 0 Å². The summed E-state index contributed by atoms with van der Waals surface area (Å²) in [5.74, 6) is 0.580. The van der Waals surface area contributed by atoms with Crippen LogP contribution in [0.15, 0.2) is 35.5 Å². The van der Waals surface area contributed by atoms with E-state index in [2.05, 4.69) is 20.8 Å². The molecule has 2 aromatic rings. The predicted octanol–water partition coefficient (Wildman–Crippen LogP) is 0.360. The van der Waals surface area contributed by atoms with E-state index in [1.807, 2.05) is 41.9 Å². The average molecular weight is 333 g/mol. The molecule has 0 saturated carbocycles. The standard InChI is InChI=1S/C15H19N5O2S/c1-16-13(21)9-17-14(22)10-23-15-19-18-12(20(15)2)8-11-6-4-3-5-7-11/h3-7H,8-10H2,1-2H3,(H,16,21)(H,17,22). The first-order valence-corrected chi connectivity index (χ1v) is 8.11. The van der Waals surface area contributed by atoms with Gasteiger partial charge in [0.2, 0.25) is 11.8 Å². The van der Waals surface area contributed by atoms with Crippen LogP contribution in [0, 0.1) is 0 Å². The van der Waals surface area contributed by atoms with Crippen LogP contribution < -0.4 is 10.6 Å². The largest absolute Gasteiger partial charge is 0.358 e. The van der Waals surface area contributed by atoms with Crippen molar-refractivity contribution in [3.8, 4) is 0 Å². The van der Waals surface area contributed by atoms with Gasteiger partial charge in [-0.25, -0.2) is 0 Å². The Labute approximate surface area is 138 Å². The molecule has 0 fully saturated rings. The summed E-state index contributed by atoms with van der Waals surface area (Å²) in [6.45, 7) is -0.0199. The molecule has 0 aliphatic heterocycles. The van der Waals surface area contributed by atoms with E-state index in [1.54, 1.807) is 0 Å². The molecule has 1 aromatic carbocycles. The molecule has 1 heterocycles. The Morgan fingerprint density at radius 1 is 1.17 bits per heavy atom. The number of likely N-dealkylation sites (N-methyl/N-ethyl adjacent to an activating group) is 1. The smallest absolute Gasteiger partial charge is 0.239 e. The summed E-state index contributed by atoms with van der Waals surface area (Å²) in [7, 11) is 3.40. The number of nitrogens with one attached hydrogen (secondary N) is 2. The van der Waals surface area contributed by atoms with Crippen molar-refractivity contribution in [3.63, 3.8) is 0 Å². The van der Waals surface area contributed by atoms with Gasteiger partial charge in [0.05, 0.1) is 12.3 Å². The molecule has 2 N–H and O–H groups in total. The third kappa shape index (κ3) is 5.10. The van der Waals surface area contributed by atoms with Crippen LogP contribution in [-0.2, 0) is 23.1 Å². The van der Waals surface area contributed by atoms with Gasteiger partial charge >= 0.3 is 0 Å². The van der Waals surface area contributed by atoms with Gasteiger partial charge in [0.15, 0.2) is 5.16 Å². The van der Waals surface area contributed by atoms with Gasteiger partial charge in [-0.1, -0.05) is 42.1 Å². The first kappa shape index (κ1) is 17.0. The Bertz CT molecular complexity index is 672. The molecule has 2 rings (SSSR count). The van der Waals surface area contributed by atoms with Gasteiger partial charge < -0.3 is 15.2 Å². The molecule has 0 saturated heterocycles. The van der Waals surface area contributed by atoms with Gasteiger partial charge in [0, 0.05) is 20.5 Å². The van der Waals surface area contributed by atoms with Crippen LogP contribution in [0.4, 0.5) is 0 Å². The number of aromatic nitrogens is 3. The second-order valence-electron chi connectivity index (χ2n) is 4.86. The van der Waals surface area contributed by atoms with E-state index in [9.17, 15) is 9.59 Å². The molecule has 0 aliphatic carbocycles. The zero-order valence-corrected chi connectivity index (χ0v) is 13.9. The fourth-order valence-corrected chi connectivity index (χ4v) is 2.61. The Hall–Kier alpha value is -2.35. The maximum atomic E-state index is 11.7. The van der Waals surface area contributed by atoms with E-state index >= 15 is 0 Å². The summed E-state index contributed by atoms with van der Waals surface area (Å²) in [4.78, 5) is 22.7. The molecule has 0 spiro atoms. The molecule has 122 valence electrons. The van der Waals surface area contributed by atoms with Gasteiger partial charge in [0.25, 0.3) is 0 Å². The van der Waals surface area contributed by atoms with Gasteiger partial charge in [-0.15, -0.1) is 10.2 Å². The number of carbonyl (C=O) groups is 2. The molecule has 1 aromatic heterocycles. The third-order valence-electron chi connectivity index (χ3n) is 3.19. The molecule has 0 bridgehead atoms. The maximum Gasteiger partial charge on any atom is 0.239 e. The molecule has 0 radical (unpaired) electrons. The first-order chi connectivity index (χ1) is 11.1. The summed E-state index contributed by atoms with van der Waals surface area (Å²) in [5, 5.41) is 13.9. The second-order valence-corrected chi connectivity index (χ2v) is 5.80. The Balaban J connectivity index is 1.87. The topological polar surface area (TPSA) is 88.9 Å². The van der Waals surface area contributed by atoms with Crippen LogP contribution in [0.5, 0.6) is 0 Å². The fourth-order valence-electron chi connectivity index (χ4n) is 1.85. The molecule has 0 unspecified atom stereocenters. The molecule has 0 aliphatic rings. The highest BCUT2D eigenvalue weighted by atomic mass is 32.2. The highest BCUT2D eigenvalue weighted by Crippen LogP contribution is 2.17. The minimum Gasteiger partial charge on any atom is -0.358 e. The van der Waals surface area contributed by atoms with Crippen LogP contribution in [0.1, 0.15) is 11.4 Å². The minimum atomic E-state index is -0.229. The molecule has 0 atom stereocenters. The lowest BCUT2D eigenvalue weighted by molar-refractivity contribution is -0.124. The van der Waals surface area contributed by atoms with E-state index in [1.165, 1.54) is 18.8 Å². The van der Waals surface area contributed by atoms with Gasteiger partial charge in [-0.3, -0.25) is 9.59 Å². The third-order valence-corrected chi connectivity index (χ3v) is 4.21. The van der Waals surface area contributed by atoms with Crippen LogP contribution in [-0.4, -0.2) is 45.9 Å². The fraction of sp³-hybridized carbons (Fsp3) is 0.333. The van der Waals surface area contributed by atoms with Crippen molar-refractivity contribution in [1.29, 1.82) is 0 Å². The highest BCUT2D eigenvalue weighted by molar-refractivity contribution is 7.99. The lowest BCUT2D eigenvalue weighted by Gasteiger charge is -2.05. The van der Waals surface area contributed by atoms with Gasteiger partial charge in [-0.2, -0.15) is 0 Å². The zero-order valence-electron chi connectivity index (χ0n) is 13.1. The lowest BCUT2D eigenvalue weighted by atomic mass is 10.1. The summed E-state index contributed by atoms with van der Waals surface area (Å²) >= 11 is 1.29. The first-order valence-electron chi connectivity index (χ1n) is 7.12. The Kier molecular flexibility index (Phi) is 6.16. The molecule has 2 amide bonds. The van der Waals surface area contributed by atoms with Crippen molar-refractivity contribution in [2.75, 3.05) is 19.3 Å². The van der Waals surface area contributed by atoms with Crippen molar-refractivity contribution in [2.45, 2.75) is 11.6 Å². The van der Waals surface area contributed by atoms with E-state index in [0.717, 1.165) is 11.4 Å². The predicted molar refractivity (Wildman–Crippen MR) is 88.1 cm³/mol. The number of carbonyl (C=O) groups excluding carboxylic acids is 2. The zero-order chi connectivity index (χ0) is 16.7. The highest BCUT2D eigenvalue weighted by Gasteiger charge is 2.12. The molecule has 23 heavy (non-hydrogen) atoms. The Morgan fingerprint density at radius 3 is 2.61 bits per heavy atom. The molecule has 8 heteroatoms. The number of amides is 2. The molecular weight excluding hydrogens is 314 g/mol. The Morgan fingerprint density at radius 2 is 1.91 bits per heavy atom. The summed E-state index contributed by atoms with van der Waals surface area (Å²) in [5.41, 5.74) is 1.16. The van der Waals surface area contributed by atoms with Crippen LogP contribution in [0.3, 0.4) is 0 Å².